The molecule has 1 atom stereocenters. The van der Waals surface area contributed by atoms with Gasteiger partial charge >= 0.3 is 0 Å². The zero-order chi connectivity index (χ0) is 21.9. The van der Waals surface area contributed by atoms with Crippen molar-refractivity contribution in [2.24, 2.45) is 11.1 Å². The van der Waals surface area contributed by atoms with Gasteiger partial charge in [-0.2, -0.15) is 0 Å². The second kappa shape index (κ2) is 7.44. The highest BCUT2D eigenvalue weighted by atomic mass is 35.5. The Morgan fingerprint density at radius 2 is 1.84 bits per heavy atom. The van der Waals surface area contributed by atoms with Crippen molar-refractivity contribution in [1.29, 1.82) is 0 Å². The first kappa shape index (κ1) is 20.0. The number of halogens is 2. The van der Waals surface area contributed by atoms with Gasteiger partial charge in [0, 0.05) is 49.0 Å². The summed E-state index contributed by atoms with van der Waals surface area (Å²) in [5, 5.41) is 1.02. The van der Waals surface area contributed by atoms with Crippen molar-refractivity contribution in [3.63, 3.8) is 0 Å². The van der Waals surface area contributed by atoms with Crippen LogP contribution < -0.4 is 10.6 Å². The van der Waals surface area contributed by atoms with Crippen molar-refractivity contribution in [3.8, 4) is 11.4 Å². The lowest BCUT2D eigenvalue weighted by Crippen LogP contribution is -2.44. The van der Waals surface area contributed by atoms with Crippen molar-refractivity contribution in [3.05, 3.63) is 76.4 Å². The third-order valence-electron chi connectivity index (χ3n) is 7.13. The van der Waals surface area contributed by atoms with Crippen LogP contribution in [0.2, 0.25) is 10.0 Å². The summed E-state index contributed by atoms with van der Waals surface area (Å²) in [4.78, 5) is 16.3. The topological polar surface area (TPSA) is 72.3 Å². The zero-order valence-electron chi connectivity index (χ0n) is 17.4. The molecule has 2 aliphatic rings. The van der Waals surface area contributed by atoms with E-state index in [1.165, 1.54) is 5.56 Å². The number of fused-ring (bicyclic) bond motifs is 2. The second-order valence-electron chi connectivity index (χ2n) is 8.73. The van der Waals surface area contributed by atoms with Crippen LogP contribution in [0.3, 0.4) is 0 Å². The molecular formula is C24H22Cl2N6. The third kappa shape index (κ3) is 2.94. The Bertz CT molecular complexity index is 1330. The Labute approximate surface area is 196 Å². The molecule has 0 bridgehead atoms. The van der Waals surface area contributed by atoms with Gasteiger partial charge in [0.2, 0.25) is 0 Å². The summed E-state index contributed by atoms with van der Waals surface area (Å²) in [6.45, 7) is 1.79. The molecule has 4 heterocycles. The summed E-state index contributed by atoms with van der Waals surface area (Å²) in [6, 6.07) is 9.76. The van der Waals surface area contributed by atoms with Gasteiger partial charge in [-0.15, -0.1) is 0 Å². The number of nitrogens with zero attached hydrogens (tertiary/aromatic N) is 5. The van der Waals surface area contributed by atoms with E-state index in [1.54, 1.807) is 6.07 Å². The van der Waals surface area contributed by atoms with Crippen LogP contribution in [0.1, 0.15) is 30.1 Å². The zero-order valence-corrected chi connectivity index (χ0v) is 18.9. The Hall–Kier alpha value is -2.67. The molecule has 6 rings (SSSR count). The van der Waals surface area contributed by atoms with Gasteiger partial charge in [0.15, 0.2) is 5.82 Å². The predicted molar refractivity (Wildman–Crippen MR) is 127 cm³/mol. The van der Waals surface area contributed by atoms with E-state index in [0.29, 0.717) is 10.0 Å². The van der Waals surface area contributed by atoms with Crippen LogP contribution in [0, 0.1) is 5.41 Å². The number of nitrogens with two attached hydrogens (primary N) is 1. The van der Waals surface area contributed by atoms with Gasteiger partial charge in [0.1, 0.15) is 11.3 Å². The quantitative estimate of drug-likeness (QED) is 0.454. The van der Waals surface area contributed by atoms with Gasteiger partial charge in [-0.3, -0.25) is 9.38 Å². The number of piperidine rings is 1. The fourth-order valence-electron chi connectivity index (χ4n) is 5.34. The summed E-state index contributed by atoms with van der Waals surface area (Å²) in [5.41, 5.74) is 10.9. The van der Waals surface area contributed by atoms with Crippen LogP contribution >= 0.6 is 23.2 Å². The molecule has 0 saturated carbocycles. The largest absolute Gasteiger partial charge is 0.355 e. The Balaban J connectivity index is 1.31. The van der Waals surface area contributed by atoms with Gasteiger partial charge in [-0.1, -0.05) is 35.3 Å². The van der Waals surface area contributed by atoms with Crippen molar-refractivity contribution < 1.29 is 0 Å². The molecule has 0 radical (unpaired) electrons. The smallest absolute Gasteiger partial charge is 0.154 e. The number of hydrogen-bond acceptors (Lipinski definition) is 5. The fourth-order valence-corrected chi connectivity index (χ4v) is 5.72. The molecule has 1 saturated heterocycles. The Morgan fingerprint density at radius 3 is 2.66 bits per heavy atom. The van der Waals surface area contributed by atoms with Crippen molar-refractivity contribution in [2.45, 2.75) is 25.3 Å². The summed E-state index contributed by atoms with van der Waals surface area (Å²) < 4.78 is 2.03. The molecule has 4 aromatic rings. The monoisotopic (exact) mass is 464 g/mol. The van der Waals surface area contributed by atoms with E-state index in [1.807, 2.05) is 47.4 Å². The predicted octanol–water partition coefficient (Wildman–Crippen LogP) is 4.94. The first-order chi connectivity index (χ1) is 15.6. The van der Waals surface area contributed by atoms with Crippen molar-refractivity contribution in [1.82, 2.24) is 19.4 Å². The lowest BCUT2D eigenvalue weighted by atomic mass is 9.73. The van der Waals surface area contributed by atoms with Gasteiger partial charge in [0.05, 0.1) is 16.2 Å². The number of benzene rings is 1. The third-order valence-corrected chi connectivity index (χ3v) is 7.95. The van der Waals surface area contributed by atoms with Gasteiger partial charge in [-0.25, -0.2) is 9.97 Å². The summed E-state index contributed by atoms with van der Waals surface area (Å²) in [7, 11) is 0. The van der Waals surface area contributed by atoms with Crippen LogP contribution in [0.15, 0.2) is 55.1 Å². The molecule has 1 aliphatic carbocycles. The molecule has 1 aromatic carbocycles. The first-order valence-corrected chi connectivity index (χ1v) is 11.5. The number of aromatic nitrogens is 4. The van der Waals surface area contributed by atoms with Crippen LogP contribution in [0.4, 0.5) is 5.82 Å². The number of pyridine rings is 1. The molecule has 2 N–H and O–H groups in total. The fraction of sp³-hybridized carbons (Fsp3) is 0.292. The molecule has 6 nitrogen and oxygen atoms in total. The van der Waals surface area contributed by atoms with E-state index in [9.17, 15) is 0 Å². The number of rotatable bonds is 2. The molecule has 162 valence electrons. The van der Waals surface area contributed by atoms with E-state index in [2.05, 4.69) is 20.9 Å². The standard InChI is InChI=1S/C24H22Cl2N6/c25-17-5-1-3-16(20(17)26)22-30-14-19-23(29-9-12-32(19)22)31-10-6-24(7-11-31)13-18-15(21(24)27)4-2-8-28-18/h1-5,8-9,12,14,21H,6-7,10-11,13,27H2/t21-/m0/s1. The Morgan fingerprint density at radius 1 is 1.00 bits per heavy atom. The molecular weight excluding hydrogens is 443 g/mol. The number of anilines is 1. The normalized spacial score (nSPS) is 19.6. The molecule has 32 heavy (non-hydrogen) atoms. The van der Waals surface area contributed by atoms with Gasteiger partial charge < -0.3 is 10.6 Å². The molecule has 8 heteroatoms. The van der Waals surface area contributed by atoms with E-state index in [-0.39, 0.29) is 11.5 Å². The molecule has 0 amide bonds. The van der Waals surface area contributed by atoms with Gasteiger partial charge in [-0.05, 0) is 48.4 Å². The van der Waals surface area contributed by atoms with Gasteiger partial charge in [0.25, 0.3) is 0 Å². The highest BCUT2D eigenvalue weighted by Gasteiger charge is 2.46. The van der Waals surface area contributed by atoms with E-state index < -0.39 is 0 Å². The number of imidazole rings is 1. The molecule has 3 aromatic heterocycles. The average molecular weight is 465 g/mol. The van der Waals surface area contributed by atoms with E-state index >= 15 is 0 Å². The summed E-state index contributed by atoms with van der Waals surface area (Å²) in [6.07, 6.45) is 10.4. The van der Waals surface area contributed by atoms with Crippen molar-refractivity contribution >= 4 is 34.5 Å². The molecule has 1 spiro atoms. The van der Waals surface area contributed by atoms with Crippen molar-refractivity contribution in [2.75, 3.05) is 18.0 Å². The number of hydrogen-bond donors (Lipinski definition) is 1. The Kier molecular flexibility index (Phi) is 4.64. The lowest BCUT2D eigenvalue weighted by Gasteiger charge is -2.42. The minimum Gasteiger partial charge on any atom is -0.355 e. The highest BCUT2D eigenvalue weighted by Crippen LogP contribution is 2.50. The lowest BCUT2D eigenvalue weighted by molar-refractivity contribution is 0.187. The first-order valence-electron chi connectivity index (χ1n) is 10.8. The highest BCUT2D eigenvalue weighted by molar-refractivity contribution is 6.43. The maximum Gasteiger partial charge on any atom is 0.154 e. The van der Waals surface area contributed by atoms with Crippen LogP contribution in [0.5, 0.6) is 0 Å². The minimum absolute atomic E-state index is 0.0450. The van der Waals surface area contributed by atoms with Crippen LogP contribution in [-0.2, 0) is 6.42 Å². The summed E-state index contributed by atoms with van der Waals surface area (Å²) >= 11 is 12.7. The molecule has 0 unspecified atom stereocenters. The van der Waals surface area contributed by atoms with E-state index in [4.69, 9.17) is 33.9 Å². The summed E-state index contributed by atoms with van der Waals surface area (Å²) in [5.74, 6) is 1.69. The van der Waals surface area contributed by atoms with E-state index in [0.717, 1.165) is 60.8 Å². The van der Waals surface area contributed by atoms with Crippen LogP contribution in [-0.4, -0.2) is 32.4 Å². The van der Waals surface area contributed by atoms with Crippen LogP contribution in [0.25, 0.3) is 16.9 Å². The average Bonchev–Trinajstić information content (AvgIpc) is 3.36. The molecule has 1 aliphatic heterocycles. The molecule has 1 fully saturated rings. The maximum atomic E-state index is 6.71. The second-order valence-corrected chi connectivity index (χ2v) is 9.52. The minimum atomic E-state index is 0.0450. The maximum absolute atomic E-state index is 6.71. The SMILES string of the molecule is N[C@H]1c2cccnc2CC12CCN(c1nccn3c(-c4cccc(Cl)c4Cl)ncc13)CC2.